The van der Waals surface area contributed by atoms with Gasteiger partial charge < -0.3 is 0 Å². The second kappa shape index (κ2) is 4.57. The zero-order chi connectivity index (χ0) is 14.2. The number of hydrogen-bond donors (Lipinski definition) is 0. The van der Waals surface area contributed by atoms with Crippen LogP contribution in [0.2, 0.25) is 0 Å². The number of benzene rings is 2. The van der Waals surface area contributed by atoms with Crippen molar-refractivity contribution in [3.63, 3.8) is 0 Å². The van der Waals surface area contributed by atoms with E-state index < -0.39 is 15.6 Å². The van der Waals surface area contributed by atoms with Gasteiger partial charge in [0.05, 0.1) is 22.1 Å². The minimum absolute atomic E-state index is 0.0680. The molecule has 6 heteroatoms. The summed E-state index contributed by atoms with van der Waals surface area (Å²) < 4.78 is 26.0. The highest BCUT2D eigenvalue weighted by Crippen LogP contribution is 2.16. The minimum atomic E-state index is -3.93. The second-order valence-electron chi connectivity index (χ2n) is 4.17. The first-order valence-electron chi connectivity index (χ1n) is 5.88. The lowest BCUT2D eigenvalue weighted by atomic mass is 10.3. The Kier molecular flexibility index (Phi) is 2.87. The van der Waals surface area contributed by atoms with Gasteiger partial charge in [-0.1, -0.05) is 30.3 Å². The Morgan fingerprint density at radius 2 is 1.55 bits per heavy atom. The zero-order valence-electron chi connectivity index (χ0n) is 10.3. The quantitative estimate of drug-likeness (QED) is 0.718. The SMILES string of the molecule is O=c1cnc2ccccc2n1S(=O)(=O)c1ccccc1. The highest BCUT2D eigenvalue weighted by molar-refractivity contribution is 7.90. The Bertz CT molecular complexity index is 931. The van der Waals surface area contributed by atoms with Crippen LogP contribution in [0.1, 0.15) is 0 Å². The Hall–Kier alpha value is -2.47. The first-order valence-corrected chi connectivity index (χ1v) is 7.32. The van der Waals surface area contributed by atoms with E-state index in [0.29, 0.717) is 5.52 Å². The molecule has 0 aliphatic carbocycles. The Labute approximate surface area is 115 Å². The maximum Gasteiger partial charge on any atom is 0.283 e. The summed E-state index contributed by atoms with van der Waals surface area (Å²) in [5.41, 5.74) is 0.0445. The van der Waals surface area contributed by atoms with Crippen LogP contribution in [-0.4, -0.2) is 17.4 Å². The van der Waals surface area contributed by atoms with E-state index in [1.807, 2.05) is 0 Å². The molecule has 5 nitrogen and oxygen atoms in total. The molecule has 100 valence electrons. The summed E-state index contributed by atoms with van der Waals surface area (Å²) in [6.45, 7) is 0. The number of aromatic nitrogens is 2. The molecular weight excluding hydrogens is 276 g/mol. The van der Waals surface area contributed by atoms with Crippen molar-refractivity contribution in [2.75, 3.05) is 0 Å². The van der Waals surface area contributed by atoms with Gasteiger partial charge in [-0.2, -0.15) is 3.97 Å². The first-order chi connectivity index (χ1) is 9.60. The van der Waals surface area contributed by atoms with Gasteiger partial charge in [-0.15, -0.1) is 0 Å². The van der Waals surface area contributed by atoms with Gasteiger partial charge >= 0.3 is 0 Å². The van der Waals surface area contributed by atoms with Crippen LogP contribution in [0, 0.1) is 0 Å². The molecule has 1 heterocycles. The van der Waals surface area contributed by atoms with Crippen molar-refractivity contribution in [3.8, 4) is 0 Å². The van der Waals surface area contributed by atoms with Gasteiger partial charge in [-0.25, -0.2) is 13.4 Å². The Morgan fingerprint density at radius 1 is 0.900 bits per heavy atom. The van der Waals surface area contributed by atoms with E-state index in [9.17, 15) is 13.2 Å². The maximum atomic E-state index is 12.6. The lowest BCUT2D eigenvalue weighted by molar-refractivity contribution is 0.587. The summed E-state index contributed by atoms with van der Waals surface area (Å²) in [7, 11) is -3.93. The number of nitrogens with zero attached hydrogens (tertiary/aromatic N) is 2. The molecule has 0 aliphatic rings. The molecule has 0 unspecified atom stereocenters. The van der Waals surface area contributed by atoms with Crippen LogP contribution in [-0.2, 0) is 10.0 Å². The van der Waals surface area contributed by atoms with Crippen molar-refractivity contribution in [3.05, 3.63) is 71.1 Å². The number of para-hydroxylation sites is 2. The molecule has 0 saturated heterocycles. The fourth-order valence-electron chi connectivity index (χ4n) is 1.99. The van der Waals surface area contributed by atoms with Crippen molar-refractivity contribution in [1.29, 1.82) is 0 Å². The zero-order valence-corrected chi connectivity index (χ0v) is 11.1. The number of rotatable bonds is 2. The fourth-order valence-corrected chi connectivity index (χ4v) is 3.40. The highest BCUT2D eigenvalue weighted by atomic mass is 32.2. The maximum absolute atomic E-state index is 12.6. The second-order valence-corrected chi connectivity index (χ2v) is 5.95. The average molecular weight is 286 g/mol. The van der Waals surface area contributed by atoms with Crippen LogP contribution in [0.25, 0.3) is 11.0 Å². The molecule has 20 heavy (non-hydrogen) atoms. The largest absolute Gasteiger partial charge is 0.283 e. The predicted octanol–water partition coefficient (Wildman–Crippen LogP) is 1.63. The third kappa shape index (κ3) is 1.90. The van der Waals surface area contributed by atoms with Crippen LogP contribution in [0.4, 0.5) is 0 Å². The summed E-state index contributed by atoms with van der Waals surface area (Å²) in [6.07, 6.45) is 1.02. The van der Waals surface area contributed by atoms with Crippen molar-refractivity contribution in [1.82, 2.24) is 8.96 Å². The van der Waals surface area contributed by atoms with Gasteiger partial charge in [-0.3, -0.25) is 4.79 Å². The normalized spacial score (nSPS) is 11.6. The van der Waals surface area contributed by atoms with Crippen LogP contribution in [0.3, 0.4) is 0 Å². The van der Waals surface area contributed by atoms with Gasteiger partial charge in [0.2, 0.25) is 0 Å². The molecule has 0 aliphatic heterocycles. The Balaban J connectivity index is 2.41. The molecule has 0 saturated carbocycles. The van der Waals surface area contributed by atoms with Crippen LogP contribution >= 0.6 is 0 Å². The van der Waals surface area contributed by atoms with Crippen molar-refractivity contribution in [2.24, 2.45) is 0 Å². The van der Waals surface area contributed by atoms with Gasteiger partial charge in [0, 0.05) is 0 Å². The first kappa shape index (κ1) is 12.6. The average Bonchev–Trinajstić information content (AvgIpc) is 2.47. The van der Waals surface area contributed by atoms with E-state index in [-0.39, 0.29) is 10.4 Å². The van der Waals surface area contributed by atoms with Gasteiger partial charge in [0.15, 0.2) is 0 Å². The van der Waals surface area contributed by atoms with E-state index in [1.54, 1.807) is 42.5 Å². The molecule has 0 amide bonds. The van der Waals surface area contributed by atoms with E-state index in [4.69, 9.17) is 0 Å². The minimum Gasteiger partial charge on any atom is -0.266 e. The predicted molar refractivity (Wildman–Crippen MR) is 75.0 cm³/mol. The molecule has 0 atom stereocenters. The molecule has 2 aromatic carbocycles. The number of hydrogen-bond acceptors (Lipinski definition) is 4. The van der Waals surface area contributed by atoms with E-state index in [0.717, 1.165) is 10.2 Å². The van der Waals surface area contributed by atoms with Crippen LogP contribution in [0.5, 0.6) is 0 Å². The molecule has 0 N–H and O–H groups in total. The molecule has 1 aromatic heterocycles. The molecule has 0 spiro atoms. The van der Waals surface area contributed by atoms with Gasteiger partial charge in [-0.05, 0) is 24.3 Å². The fraction of sp³-hybridized carbons (Fsp3) is 0. The number of fused-ring (bicyclic) bond motifs is 1. The lowest BCUT2D eigenvalue weighted by Crippen LogP contribution is -2.27. The van der Waals surface area contributed by atoms with Gasteiger partial charge in [0.1, 0.15) is 0 Å². The molecule has 0 radical (unpaired) electrons. The standard InChI is InChI=1S/C14H10N2O3S/c17-14-10-15-12-8-4-5-9-13(12)16(14)20(18,19)11-6-2-1-3-7-11/h1-10H. The third-order valence-corrected chi connectivity index (χ3v) is 4.62. The molecule has 0 fully saturated rings. The summed E-state index contributed by atoms with van der Waals surface area (Å²) in [4.78, 5) is 16.0. The monoisotopic (exact) mass is 286 g/mol. The van der Waals surface area contributed by atoms with Crippen molar-refractivity contribution < 1.29 is 8.42 Å². The van der Waals surface area contributed by atoms with Crippen LogP contribution < -0.4 is 5.56 Å². The van der Waals surface area contributed by atoms with Crippen LogP contribution in [0.15, 0.2) is 70.5 Å². The molecular formula is C14H10N2O3S. The third-order valence-electron chi connectivity index (χ3n) is 2.90. The summed E-state index contributed by atoms with van der Waals surface area (Å²) in [5, 5.41) is 0. The van der Waals surface area contributed by atoms with Crippen molar-refractivity contribution >= 4 is 21.1 Å². The van der Waals surface area contributed by atoms with Gasteiger partial charge in [0.25, 0.3) is 15.6 Å². The Morgan fingerprint density at radius 3 is 2.30 bits per heavy atom. The smallest absolute Gasteiger partial charge is 0.266 e. The molecule has 3 aromatic rings. The topological polar surface area (TPSA) is 69.0 Å². The van der Waals surface area contributed by atoms with E-state index in [2.05, 4.69) is 4.98 Å². The summed E-state index contributed by atoms with van der Waals surface area (Å²) in [5.74, 6) is 0. The van der Waals surface area contributed by atoms with Crippen molar-refractivity contribution in [2.45, 2.75) is 4.90 Å². The lowest BCUT2D eigenvalue weighted by Gasteiger charge is -2.10. The van der Waals surface area contributed by atoms with E-state index in [1.165, 1.54) is 12.1 Å². The molecule has 0 bridgehead atoms. The summed E-state index contributed by atoms with van der Waals surface area (Å²) in [6, 6.07) is 14.5. The highest BCUT2D eigenvalue weighted by Gasteiger charge is 2.20. The molecule has 3 rings (SSSR count). The summed E-state index contributed by atoms with van der Waals surface area (Å²) >= 11 is 0. The van der Waals surface area contributed by atoms with E-state index >= 15 is 0 Å².